The number of aliphatic hydroxyl groups is 2. The van der Waals surface area contributed by atoms with E-state index < -0.39 is 29.5 Å². The third kappa shape index (κ3) is 3.25. The Morgan fingerprint density at radius 2 is 2.00 bits per heavy atom. The molecule has 1 amide bonds. The molecule has 0 spiro atoms. The lowest BCUT2D eigenvalue weighted by molar-refractivity contribution is -0.170. The van der Waals surface area contributed by atoms with Crippen molar-refractivity contribution in [3.8, 4) is 0 Å². The predicted molar refractivity (Wildman–Crippen MR) is 117 cm³/mol. The summed E-state index contributed by atoms with van der Waals surface area (Å²) in [6.45, 7) is 5.34. The number of carbonyl (C=O) groups excluding carboxylic acids is 3. The first-order valence-corrected chi connectivity index (χ1v) is 11.7. The van der Waals surface area contributed by atoms with E-state index in [1.54, 1.807) is 6.92 Å². The molecule has 0 aromatic heterocycles. The van der Waals surface area contributed by atoms with Crippen LogP contribution >= 0.6 is 0 Å². The summed E-state index contributed by atoms with van der Waals surface area (Å²) in [4.78, 5) is 37.6. The number of nitrogens with one attached hydrogen (secondary N) is 1. The molecule has 0 heterocycles. The van der Waals surface area contributed by atoms with Gasteiger partial charge >= 0.3 is 6.09 Å². The van der Waals surface area contributed by atoms with Gasteiger partial charge in [0.1, 0.15) is 18.0 Å². The van der Waals surface area contributed by atoms with Crippen molar-refractivity contribution >= 4 is 23.4 Å². The van der Waals surface area contributed by atoms with Crippen molar-refractivity contribution in [3.05, 3.63) is 11.6 Å². The minimum atomic E-state index is -1.63. The molecule has 4 rings (SSSR count). The molecule has 0 aliphatic heterocycles. The molecule has 3 saturated carbocycles. The molecule has 4 aliphatic rings. The Hall–Kier alpha value is -2.06. The summed E-state index contributed by atoms with van der Waals surface area (Å²) in [5.74, 6) is -0.418. The predicted octanol–water partition coefficient (Wildman–Crippen LogP) is 2.52. The number of Topliss-reactive ketones (excluding diaryl/α,β-unsaturated/α-hetero) is 2. The molecule has 176 valence electrons. The number of hydrogen-bond acceptors (Lipinski definition) is 7. The number of nitrogens with zero attached hydrogens (tertiary/aromatic N) is 1. The van der Waals surface area contributed by atoms with Crippen LogP contribution in [-0.4, -0.2) is 52.4 Å². The second-order valence-corrected chi connectivity index (χ2v) is 10.3. The number of ketones is 2. The molecule has 0 unspecified atom stereocenters. The topological polar surface area (TPSA) is 125 Å². The molecule has 0 radical (unpaired) electrons. The van der Waals surface area contributed by atoms with Crippen molar-refractivity contribution in [3.63, 3.8) is 0 Å². The summed E-state index contributed by atoms with van der Waals surface area (Å²) in [7, 11) is 0. The van der Waals surface area contributed by atoms with E-state index in [1.807, 2.05) is 13.0 Å². The maximum Gasteiger partial charge on any atom is 0.427 e. The second-order valence-electron chi connectivity index (χ2n) is 10.3. The van der Waals surface area contributed by atoms with Crippen molar-refractivity contribution in [2.24, 2.45) is 33.7 Å². The maximum absolute atomic E-state index is 13.6. The fraction of sp³-hybridized carbons (Fsp3) is 0.750. The van der Waals surface area contributed by atoms with Crippen molar-refractivity contribution in [2.45, 2.75) is 71.3 Å². The highest BCUT2D eigenvalue weighted by Gasteiger charge is 2.68. The Kier molecular flexibility index (Phi) is 5.82. The van der Waals surface area contributed by atoms with Crippen molar-refractivity contribution in [1.82, 2.24) is 5.43 Å². The first-order valence-electron chi connectivity index (χ1n) is 11.7. The van der Waals surface area contributed by atoms with Crippen LogP contribution in [0, 0.1) is 28.6 Å². The van der Waals surface area contributed by atoms with E-state index in [9.17, 15) is 24.6 Å². The number of aliphatic hydroxyl groups excluding tert-OH is 1. The van der Waals surface area contributed by atoms with E-state index >= 15 is 0 Å². The number of allylic oxidation sites excluding steroid dienone is 2. The normalized spacial score (nSPS) is 41.9. The number of hydrogen-bond donors (Lipinski definition) is 3. The van der Waals surface area contributed by atoms with Gasteiger partial charge in [0.25, 0.3) is 0 Å². The lowest BCUT2D eigenvalue weighted by Gasteiger charge is -2.57. The Balaban J connectivity index is 1.61. The van der Waals surface area contributed by atoms with Crippen molar-refractivity contribution < 1.29 is 29.3 Å². The van der Waals surface area contributed by atoms with Crippen molar-refractivity contribution in [2.75, 3.05) is 13.2 Å². The molecular weight excluding hydrogens is 412 g/mol. The largest absolute Gasteiger partial charge is 0.449 e. The summed E-state index contributed by atoms with van der Waals surface area (Å²) < 4.78 is 4.85. The molecule has 8 nitrogen and oxygen atoms in total. The monoisotopic (exact) mass is 446 g/mol. The number of fused-ring (bicyclic) bond motifs is 5. The van der Waals surface area contributed by atoms with E-state index in [1.165, 1.54) is 5.57 Å². The summed E-state index contributed by atoms with van der Waals surface area (Å²) in [5.41, 5.74) is 1.65. The van der Waals surface area contributed by atoms with Gasteiger partial charge in [0, 0.05) is 17.8 Å². The SMILES string of the molecule is CCOC(=O)N/N=C1/C=C2CC[C@@H]3[C@H](C(=O)C[C@@]4(C)[C@H]3CC[C@]4(O)C(=O)CO)[C@@]2(C)CC1. The van der Waals surface area contributed by atoms with E-state index in [2.05, 4.69) is 17.5 Å². The van der Waals surface area contributed by atoms with Crippen LogP contribution in [0.15, 0.2) is 16.8 Å². The highest BCUT2D eigenvalue weighted by atomic mass is 16.5. The van der Waals surface area contributed by atoms with Gasteiger partial charge < -0.3 is 14.9 Å². The van der Waals surface area contributed by atoms with Gasteiger partial charge in [-0.2, -0.15) is 5.10 Å². The van der Waals surface area contributed by atoms with Crippen LogP contribution in [0.4, 0.5) is 4.79 Å². The highest BCUT2D eigenvalue weighted by molar-refractivity contribution is 5.98. The fourth-order valence-corrected chi connectivity index (χ4v) is 7.36. The molecule has 0 saturated heterocycles. The highest BCUT2D eigenvalue weighted by Crippen LogP contribution is 2.66. The molecular formula is C24H34N2O6. The standard InChI is InChI=1S/C24H34N2O6/c1-4-32-21(30)26-25-15-7-9-22(2)14(11-15)5-6-16-17-8-10-24(31,19(29)13-27)23(17,3)12-18(28)20(16)22/h11,16-17,20,27,31H,4-10,12-13H2,1-3H3,(H,26,30)/b25-15+/t16-,17-,20+,22-,23-,24-/m0/s1. The zero-order valence-electron chi connectivity index (χ0n) is 19.1. The molecule has 0 aromatic rings. The number of carbonyl (C=O) groups is 3. The Morgan fingerprint density at radius 1 is 1.25 bits per heavy atom. The molecule has 0 aromatic carbocycles. The summed E-state index contributed by atoms with van der Waals surface area (Å²) >= 11 is 0. The van der Waals surface area contributed by atoms with Crippen LogP contribution in [0.1, 0.15) is 65.7 Å². The zero-order valence-corrected chi connectivity index (χ0v) is 19.1. The van der Waals surface area contributed by atoms with E-state index in [4.69, 9.17) is 4.74 Å². The average Bonchev–Trinajstić information content (AvgIpc) is 3.02. The first kappa shape index (κ1) is 23.1. The Morgan fingerprint density at radius 3 is 2.69 bits per heavy atom. The van der Waals surface area contributed by atoms with Gasteiger partial charge in [-0.25, -0.2) is 10.2 Å². The van der Waals surface area contributed by atoms with Crippen LogP contribution in [-0.2, 0) is 14.3 Å². The van der Waals surface area contributed by atoms with Gasteiger partial charge in [-0.05, 0) is 68.8 Å². The number of amides is 1. The minimum absolute atomic E-state index is 0.0737. The number of hydrazone groups is 1. The first-order chi connectivity index (χ1) is 15.1. The van der Waals surface area contributed by atoms with Gasteiger partial charge in [0.2, 0.25) is 0 Å². The van der Waals surface area contributed by atoms with Gasteiger partial charge in [-0.15, -0.1) is 0 Å². The summed E-state index contributed by atoms with van der Waals surface area (Å²) in [6.07, 6.45) is 5.66. The van der Waals surface area contributed by atoms with Crippen molar-refractivity contribution in [1.29, 1.82) is 0 Å². The van der Waals surface area contributed by atoms with Gasteiger partial charge in [-0.1, -0.05) is 19.4 Å². The number of rotatable bonds is 4. The fourth-order valence-electron chi connectivity index (χ4n) is 7.36. The van der Waals surface area contributed by atoms with Crippen LogP contribution in [0.5, 0.6) is 0 Å². The van der Waals surface area contributed by atoms with Crippen LogP contribution in [0.3, 0.4) is 0 Å². The molecule has 3 N–H and O–H groups in total. The van der Waals surface area contributed by atoms with Gasteiger partial charge in [0.15, 0.2) is 5.78 Å². The molecule has 3 fully saturated rings. The van der Waals surface area contributed by atoms with E-state index in [0.717, 1.165) is 25.0 Å². The molecule has 8 heteroatoms. The second kappa shape index (κ2) is 8.06. The van der Waals surface area contributed by atoms with Gasteiger partial charge in [-0.3, -0.25) is 9.59 Å². The summed E-state index contributed by atoms with van der Waals surface area (Å²) in [5, 5.41) is 24.9. The van der Waals surface area contributed by atoms with E-state index in [-0.39, 0.29) is 42.0 Å². The smallest absolute Gasteiger partial charge is 0.427 e. The third-order valence-corrected chi connectivity index (χ3v) is 8.99. The van der Waals surface area contributed by atoms with E-state index in [0.29, 0.717) is 19.3 Å². The number of ether oxygens (including phenoxy) is 1. The zero-order chi connectivity index (χ0) is 23.3. The average molecular weight is 447 g/mol. The molecule has 4 aliphatic carbocycles. The minimum Gasteiger partial charge on any atom is -0.449 e. The van der Waals surface area contributed by atoms with Gasteiger partial charge in [0.05, 0.1) is 12.3 Å². The van der Waals surface area contributed by atoms with Crippen LogP contribution in [0.25, 0.3) is 0 Å². The van der Waals surface area contributed by atoms with Crippen LogP contribution < -0.4 is 5.43 Å². The Labute approximate surface area is 188 Å². The lowest BCUT2D eigenvalue weighted by Crippen LogP contribution is -2.60. The Bertz CT molecular complexity index is 897. The summed E-state index contributed by atoms with van der Waals surface area (Å²) in [6, 6.07) is 0. The molecule has 6 atom stereocenters. The quantitative estimate of drug-likeness (QED) is 0.570. The third-order valence-electron chi connectivity index (χ3n) is 8.99. The molecule has 0 bridgehead atoms. The molecule has 32 heavy (non-hydrogen) atoms. The lowest BCUT2D eigenvalue weighted by atomic mass is 9.46. The van der Waals surface area contributed by atoms with Crippen LogP contribution in [0.2, 0.25) is 0 Å². The maximum atomic E-state index is 13.6.